The highest BCUT2D eigenvalue weighted by atomic mass is 35.5. The number of benzene rings is 2. The van der Waals surface area contributed by atoms with Crippen molar-refractivity contribution < 1.29 is 25.9 Å². The van der Waals surface area contributed by atoms with Crippen LogP contribution in [-0.2, 0) is 20.2 Å². The molecule has 0 spiro atoms. The Hall–Kier alpha value is -4.00. The van der Waals surface area contributed by atoms with Gasteiger partial charge in [-0.3, -0.25) is 9.11 Å². The molecule has 2 aromatic heterocycles. The maximum atomic E-state index is 12.7. The highest BCUT2D eigenvalue weighted by Crippen LogP contribution is 2.38. The van der Waals surface area contributed by atoms with Crippen LogP contribution >= 0.6 is 23.2 Å². The number of halogens is 2. The monoisotopic (exact) mass is 611 g/mol. The van der Waals surface area contributed by atoms with Gasteiger partial charge in [0.05, 0.1) is 5.69 Å². The Kier molecular flexibility index (Phi) is 7.64. The number of aromatic nitrogens is 6. The van der Waals surface area contributed by atoms with Gasteiger partial charge in [0.15, 0.2) is 0 Å². The van der Waals surface area contributed by atoms with E-state index in [0.717, 1.165) is 11.0 Å². The van der Waals surface area contributed by atoms with Crippen LogP contribution in [0.15, 0.2) is 52.3 Å². The molecule has 202 valence electrons. The summed E-state index contributed by atoms with van der Waals surface area (Å²) in [6.07, 6.45) is 2.41. The van der Waals surface area contributed by atoms with E-state index in [-0.39, 0.29) is 51.2 Å². The van der Waals surface area contributed by atoms with Crippen molar-refractivity contribution in [2.24, 2.45) is 0 Å². The van der Waals surface area contributed by atoms with E-state index in [9.17, 15) is 25.9 Å². The van der Waals surface area contributed by atoms with Gasteiger partial charge in [0.1, 0.15) is 9.79 Å². The van der Waals surface area contributed by atoms with E-state index in [4.69, 9.17) is 34.7 Å². The summed E-state index contributed by atoms with van der Waals surface area (Å²) < 4.78 is 68.7. The van der Waals surface area contributed by atoms with Crippen molar-refractivity contribution >= 4 is 85.1 Å². The third-order valence-corrected chi connectivity index (χ3v) is 7.02. The van der Waals surface area contributed by atoms with Crippen molar-refractivity contribution in [2.75, 3.05) is 16.4 Å². The molecule has 0 saturated heterocycles. The summed E-state index contributed by atoms with van der Waals surface area (Å²) in [4.78, 5) is 22.9. The first kappa shape index (κ1) is 28.0. The van der Waals surface area contributed by atoms with Gasteiger partial charge in [0, 0.05) is 0 Å². The van der Waals surface area contributed by atoms with Gasteiger partial charge in [0.25, 0.3) is 20.2 Å². The van der Waals surface area contributed by atoms with E-state index >= 15 is 0 Å². The molecular formula is C20H15Cl2N9O6S2. The predicted octanol–water partition coefficient (Wildman–Crippen LogP) is 2.66. The maximum absolute atomic E-state index is 12.7. The van der Waals surface area contributed by atoms with Gasteiger partial charge in [-0.1, -0.05) is 42.5 Å². The molecule has 0 aliphatic heterocycles. The summed E-state index contributed by atoms with van der Waals surface area (Å²) in [5.41, 5.74) is 11.0. The standard InChI is InChI=1S/C20H15Cl2N9O6S2/c21-15-25-17(23)29-19(27-15)31(20-28-16(22)26-18(24)30-20)12-6-3-5-11(14(12)39(35,36)37)9-8-10-4-1-2-7-13(10)38(32,33)34/h1-9H,(H,32,33,34)(H,35,36,37)(H2,23,25,27,29)(H2,24,26,28,30). The Labute approximate surface area is 230 Å². The maximum Gasteiger partial charge on any atom is 0.297 e. The average molecular weight is 612 g/mol. The minimum Gasteiger partial charge on any atom is -0.368 e. The summed E-state index contributed by atoms with van der Waals surface area (Å²) in [6, 6.07) is 9.35. The molecule has 39 heavy (non-hydrogen) atoms. The number of nitrogens with zero attached hydrogens (tertiary/aromatic N) is 7. The molecule has 0 amide bonds. The molecule has 4 rings (SSSR count). The van der Waals surface area contributed by atoms with Gasteiger partial charge in [-0.15, -0.1) is 0 Å². The Morgan fingerprint density at radius 2 is 1.21 bits per heavy atom. The summed E-state index contributed by atoms with van der Waals surface area (Å²) in [5, 5.41) is -0.746. The van der Waals surface area contributed by atoms with Crippen molar-refractivity contribution in [2.45, 2.75) is 9.79 Å². The normalized spacial score (nSPS) is 12.1. The third-order valence-electron chi connectivity index (χ3n) is 4.79. The summed E-state index contributed by atoms with van der Waals surface area (Å²) in [7, 11) is -9.65. The zero-order chi connectivity index (χ0) is 28.5. The van der Waals surface area contributed by atoms with E-state index in [0.29, 0.717) is 0 Å². The van der Waals surface area contributed by atoms with Crippen LogP contribution in [0.2, 0.25) is 10.6 Å². The quantitative estimate of drug-likeness (QED) is 0.173. The van der Waals surface area contributed by atoms with Crippen LogP contribution in [0, 0.1) is 0 Å². The lowest BCUT2D eigenvalue weighted by molar-refractivity contribution is 0.480. The minimum atomic E-state index is -5.04. The SMILES string of the molecule is Nc1nc(Cl)nc(N(c2nc(N)nc(Cl)n2)c2cccc(C=Cc3ccccc3S(=O)(=O)O)c2S(=O)(=O)O)n1. The van der Waals surface area contributed by atoms with E-state index in [2.05, 4.69) is 29.9 Å². The number of nitrogen functional groups attached to an aromatic ring is 2. The molecule has 2 heterocycles. The molecule has 0 fully saturated rings. The largest absolute Gasteiger partial charge is 0.368 e. The van der Waals surface area contributed by atoms with E-state index < -0.39 is 30.0 Å². The summed E-state index contributed by atoms with van der Waals surface area (Å²) >= 11 is 11.9. The van der Waals surface area contributed by atoms with Gasteiger partial charge in [0.2, 0.25) is 34.4 Å². The van der Waals surface area contributed by atoms with E-state index in [1.807, 2.05) is 0 Å². The first-order chi connectivity index (χ1) is 18.2. The van der Waals surface area contributed by atoms with Crippen molar-refractivity contribution in [3.05, 3.63) is 64.2 Å². The lowest BCUT2D eigenvalue weighted by Gasteiger charge is -2.23. The average Bonchev–Trinajstić information content (AvgIpc) is 2.80. The van der Waals surface area contributed by atoms with Crippen LogP contribution in [0.4, 0.5) is 29.5 Å². The highest BCUT2D eigenvalue weighted by Gasteiger charge is 2.29. The molecule has 0 atom stereocenters. The topological polar surface area (TPSA) is 241 Å². The van der Waals surface area contributed by atoms with Crippen LogP contribution in [0.1, 0.15) is 11.1 Å². The molecular weight excluding hydrogens is 597 g/mol. The fourth-order valence-electron chi connectivity index (χ4n) is 3.38. The molecule has 0 unspecified atom stereocenters. The second-order valence-corrected chi connectivity index (χ2v) is 10.8. The van der Waals surface area contributed by atoms with Crippen molar-refractivity contribution in [1.29, 1.82) is 0 Å². The van der Waals surface area contributed by atoms with Gasteiger partial charge in [-0.2, -0.15) is 46.7 Å². The molecule has 0 radical (unpaired) electrons. The number of hydrogen-bond donors (Lipinski definition) is 4. The molecule has 0 aliphatic carbocycles. The van der Waals surface area contributed by atoms with Crippen LogP contribution < -0.4 is 16.4 Å². The number of anilines is 5. The Balaban J connectivity index is 2.01. The summed E-state index contributed by atoms with van der Waals surface area (Å²) in [5.74, 6) is -1.46. The van der Waals surface area contributed by atoms with Crippen LogP contribution in [0.5, 0.6) is 0 Å². The van der Waals surface area contributed by atoms with Crippen LogP contribution in [0.3, 0.4) is 0 Å². The van der Waals surface area contributed by atoms with Crippen molar-refractivity contribution in [3.8, 4) is 0 Å². The smallest absolute Gasteiger partial charge is 0.297 e. The molecule has 0 bridgehead atoms. The Morgan fingerprint density at radius 1 is 0.692 bits per heavy atom. The van der Waals surface area contributed by atoms with Gasteiger partial charge >= 0.3 is 0 Å². The fourth-order valence-corrected chi connectivity index (χ4v) is 5.24. The lowest BCUT2D eigenvalue weighted by Crippen LogP contribution is -2.21. The Morgan fingerprint density at radius 3 is 1.72 bits per heavy atom. The molecule has 2 aromatic carbocycles. The van der Waals surface area contributed by atoms with Gasteiger partial charge in [-0.25, -0.2) is 4.90 Å². The molecule has 0 aliphatic rings. The first-order valence-electron chi connectivity index (χ1n) is 10.2. The fraction of sp³-hybridized carbons (Fsp3) is 0. The zero-order valence-corrected chi connectivity index (χ0v) is 22.2. The third kappa shape index (κ3) is 6.36. The molecule has 4 aromatic rings. The van der Waals surface area contributed by atoms with Crippen molar-refractivity contribution in [1.82, 2.24) is 29.9 Å². The van der Waals surface area contributed by atoms with E-state index in [1.54, 1.807) is 0 Å². The number of nitrogens with two attached hydrogens (primary N) is 2. The van der Waals surface area contributed by atoms with Crippen LogP contribution in [0.25, 0.3) is 12.2 Å². The zero-order valence-electron chi connectivity index (χ0n) is 19.1. The molecule has 0 saturated carbocycles. The minimum absolute atomic E-state index is 0.0255. The van der Waals surface area contributed by atoms with Crippen molar-refractivity contribution in [3.63, 3.8) is 0 Å². The Bertz CT molecular complexity index is 1750. The van der Waals surface area contributed by atoms with Gasteiger partial charge < -0.3 is 11.5 Å². The number of rotatable bonds is 7. The summed E-state index contributed by atoms with van der Waals surface area (Å²) in [6.45, 7) is 0. The second kappa shape index (κ2) is 10.6. The van der Waals surface area contributed by atoms with Crippen LogP contribution in [-0.4, -0.2) is 55.8 Å². The second-order valence-electron chi connectivity index (χ2n) is 7.38. The van der Waals surface area contributed by atoms with Gasteiger partial charge in [-0.05, 0) is 46.5 Å². The first-order valence-corrected chi connectivity index (χ1v) is 13.9. The molecule has 19 heteroatoms. The molecule has 6 N–H and O–H groups in total. The number of hydrogen-bond acceptors (Lipinski definition) is 13. The highest BCUT2D eigenvalue weighted by molar-refractivity contribution is 7.86. The predicted molar refractivity (Wildman–Crippen MR) is 142 cm³/mol. The van der Waals surface area contributed by atoms with E-state index in [1.165, 1.54) is 48.6 Å². The lowest BCUT2D eigenvalue weighted by atomic mass is 10.1. The molecule has 15 nitrogen and oxygen atoms in total.